The van der Waals surface area contributed by atoms with Crippen LogP contribution < -0.4 is 15.6 Å². The van der Waals surface area contributed by atoms with Crippen molar-refractivity contribution in [1.29, 1.82) is 0 Å². The maximum Gasteiger partial charge on any atom is 0.254 e. The lowest BCUT2D eigenvalue weighted by Crippen LogP contribution is -2.32. The summed E-state index contributed by atoms with van der Waals surface area (Å²) < 4.78 is 20.2. The highest BCUT2D eigenvalue weighted by molar-refractivity contribution is 5.75. The van der Waals surface area contributed by atoms with Gasteiger partial charge in [0.05, 0.1) is 19.1 Å². The Morgan fingerprint density at radius 2 is 1.93 bits per heavy atom. The molecule has 0 aliphatic rings. The topological polar surface area (TPSA) is 73.2 Å². The Bertz CT molecular complexity index is 1020. The Morgan fingerprint density at radius 3 is 2.67 bits per heavy atom. The molecule has 0 aliphatic carbocycles. The van der Waals surface area contributed by atoms with Crippen molar-refractivity contribution in [3.63, 3.8) is 0 Å². The van der Waals surface area contributed by atoms with Gasteiger partial charge in [0.1, 0.15) is 18.1 Å². The van der Waals surface area contributed by atoms with Crippen molar-refractivity contribution < 1.29 is 13.9 Å². The second kappa shape index (κ2) is 8.27. The van der Waals surface area contributed by atoms with E-state index < -0.39 is 11.4 Å². The van der Waals surface area contributed by atoms with Gasteiger partial charge >= 0.3 is 0 Å². The second-order valence-corrected chi connectivity index (χ2v) is 5.81. The molecule has 0 fully saturated rings. The molecule has 0 spiro atoms. The number of carbonyl (C=O) groups is 1. The van der Waals surface area contributed by atoms with E-state index in [-0.39, 0.29) is 30.3 Å². The fourth-order valence-corrected chi connectivity index (χ4v) is 2.61. The van der Waals surface area contributed by atoms with Gasteiger partial charge in [0.25, 0.3) is 5.56 Å². The highest BCUT2D eigenvalue weighted by Crippen LogP contribution is 2.18. The van der Waals surface area contributed by atoms with E-state index in [1.807, 2.05) is 18.2 Å². The monoisotopic (exact) mass is 367 g/mol. The third-order valence-corrected chi connectivity index (χ3v) is 4.01. The number of aromatic nitrogens is 2. The number of methoxy groups -OCH3 is 1. The predicted molar refractivity (Wildman–Crippen MR) is 98.7 cm³/mol. The molecule has 6 nitrogen and oxygen atoms in total. The van der Waals surface area contributed by atoms with Gasteiger partial charge in [0.2, 0.25) is 5.91 Å². The van der Waals surface area contributed by atoms with Gasteiger partial charge in [-0.3, -0.25) is 14.2 Å². The molecule has 7 heteroatoms. The minimum atomic E-state index is -0.461. The van der Waals surface area contributed by atoms with Crippen LogP contribution in [-0.4, -0.2) is 22.6 Å². The summed E-state index contributed by atoms with van der Waals surface area (Å²) in [6.07, 6.45) is 1.24. The van der Waals surface area contributed by atoms with E-state index >= 15 is 0 Å². The zero-order valence-corrected chi connectivity index (χ0v) is 14.7. The Balaban J connectivity index is 1.68. The first-order valence-corrected chi connectivity index (χ1v) is 8.28. The molecule has 0 bridgehead atoms. The lowest BCUT2D eigenvalue weighted by atomic mass is 10.1. The van der Waals surface area contributed by atoms with Crippen molar-refractivity contribution in [2.45, 2.75) is 13.1 Å². The average molecular weight is 367 g/mol. The number of amides is 1. The van der Waals surface area contributed by atoms with Gasteiger partial charge in [0.15, 0.2) is 0 Å². The van der Waals surface area contributed by atoms with Crippen molar-refractivity contribution in [3.05, 3.63) is 82.7 Å². The van der Waals surface area contributed by atoms with E-state index in [0.717, 1.165) is 5.56 Å². The molecule has 1 amide bonds. The molecule has 3 rings (SSSR count). The van der Waals surface area contributed by atoms with Gasteiger partial charge in [0, 0.05) is 23.7 Å². The van der Waals surface area contributed by atoms with Gasteiger partial charge in [-0.05, 0) is 18.2 Å². The summed E-state index contributed by atoms with van der Waals surface area (Å²) in [7, 11) is 1.56. The molecular weight excluding hydrogens is 349 g/mol. The van der Waals surface area contributed by atoms with Gasteiger partial charge in [-0.15, -0.1) is 0 Å². The van der Waals surface area contributed by atoms with Crippen LogP contribution in [0.2, 0.25) is 0 Å². The molecule has 1 N–H and O–H groups in total. The first-order valence-electron chi connectivity index (χ1n) is 8.28. The highest BCUT2D eigenvalue weighted by Gasteiger charge is 2.10. The van der Waals surface area contributed by atoms with Crippen molar-refractivity contribution >= 4 is 5.91 Å². The van der Waals surface area contributed by atoms with Crippen LogP contribution in [-0.2, 0) is 17.9 Å². The number of hydrogen-bond donors (Lipinski definition) is 1. The Morgan fingerprint density at radius 1 is 1.19 bits per heavy atom. The third-order valence-electron chi connectivity index (χ3n) is 4.01. The van der Waals surface area contributed by atoms with E-state index in [0.29, 0.717) is 5.75 Å². The van der Waals surface area contributed by atoms with E-state index in [4.69, 9.17) is 4.74 Å². The number of para-hydroxylation sites is 1. The van der Waals surface area contributed by atoms with Crippen molar-refractivity contribution in [2.24, 2.45) is 0 Å². The van der Waals surface area contributed by atoms with Crippen LogP contribution in [0.5, 0.6) is 5.75 Å². The number of halogens is 1. The van der Waals surface area contributed by atoms with Crippen LogP contribution in [0.1, 0.15) is 5.56 Å². The zero-order valence-electron chi connectivity index (χ0n) is 14.7. The van der Waals surface area contributed by atoms with Crippen LogP contribution in [0.15, 0.2) is 65.7 Å². The van der Waals surface area contributed by atoms with Crippen LogP contribution in [0.4, 0.5) is 4.39 Å². The standard InChI is InChI=1S/C20H18FN3O3/c1-27-18-9-5-2-6-14(18)11-22-19(25)12-24-13-23-17(10-20(24)26)15-7-3-4-8-16(15)21/h2-10,13H,11-12H2,1H3,(H,22,25). The minimum absolute atomic E-state index is 0.182. The van der Waals surface area contributed by atoms with E-state index in [9.17, 15) is 14.0 Å². The summed E-state index contributed by atoms with van der Waals surface area (Å²) in [6, 6.07) is 14.6. The molecule has 0 unspecified atom stereocenters. The lowest BCUT2D eigenvalue weighted by molar-refractivity contribution is -0.121. The summed E-state index contributed by atoms with van der Waals surface area (Å²) in [6.45, 7) is 0.0941. The number of carbonyl (C=O) groups excluding carboxylic acids is 1. The Kier molecular flexibility index (Phi) is 5.61. The molecule has 0 radical (unpaired) electrons. The number of benzene rings is 2. The van der Waals surface area contributed by atoms with Crippen LogP contribution in [0, 0.1) is 5.82 Å². The second-order valence-electron chi connectivity index (χ2n) is 5.81. The van der Waals surface area contributed by atoms with Gasteiger partial charge in [-0.2, -0.15) is 0 Å². The third kappa shape index (κ3) is 4.38. The van der Waals surface area contributed by atoms with E-state index in [1.165, 1.54) is 23.0 Å². The minimum Gasteiger partial charge on any atom is -0.496 e. The Labute approximate surface area is 155 Å². The van der Waals surface area contributed by atoms with Gasteiger partial charge in [-0.1, -0.05) is 30.3 Å². The first kappa shape index (κ1) is 18.3. The molecule has 0 saturated heterocycles. The smallest absolute Gasteiger partial charge is 0.254 e. The molecule has 0 saturated carbocycles. The predicted octanol–water partition coefficient (Wildman–Crippen LogP) is 2.37. The molecule has 0 aliphatic heterocycles. The molecule has 138 valence electrons. The highest BCUT2D eigenvalue weighted by atomic mass is 19.1. The largest absolute Gasteiger partial charge is 0.496 e. The molecular formula is C20H18FN3O3. The SMILES string of the molecule is COc1ccccc1CNC(=O)Cn1cnc(-c2ccccc2F)cc1=O. The van der Waals surface area contributed by atoms with Crippen molar-refractivity contribution in [3.8, 4) is 17.0 Å². The van der Waals surface area contributed by atoms with Crippen LogP contribution in [0.25, 0.3) is 11.3 Å². The number of rotatable bonds is 6. The summed E-state index contributed by atoms with van der Waals surface area (Å²) in [5, 5.41) is 2.74. The number of nitrogens with one attached hydrogen (secondary N) is 1. The van der Waals surface area contributed by atoms with Crippen LogP contribution in [0.3, 0.4) is 0 Å². The summed E-state index contributed by atoms with van der Waals surface area (Å²) >= 11 is 0. The molecule has 1 heterocycles. The van der Waals surface area contributed by atoms with E-state index in [2.05, 4.69) is 10.3 Å². The summed E-state index contributed by atoms with van der Waals surface area (Å²) in [5.74, 6) is -0.133. The fraction of sp³-hybridized carbons (Fsp3) is 0.150. The average Bonchev–Trinajstić information content (AvgIpc) is 2.68. The lowest BCUT2D eigenvalue weighted by Gasteiger charge is -2.10. The zero-order chi connectivity index (χ0) is 19.2. The summed E-state index contributed by atoms with van der Waals surface area (Å²) in [4.78, 5) is 28.5. The maximum atomic E-state index is 13.8. The van der Waals surface area contributed by atoms with Crippen molar-refractivity contribution in [1.82, 2.24) is 14.9 Å². The Hall–Kier alpha value is -3.48. The molecule has 2 aromatic carbocycles. The first-order chi connectivity index (χ1) is 13.1. The van der Waals surface area contributed by atoms with Gasteiger partial charge < -0.3 is 10.1 Å². The summed E-state index contributed by atoms with van der Waals surface area (Å²) in [5.41, 5.74) is 0.857. The van der Waals surface area contributed by atoms with E-state index in [1.54, 1.807) is 31.4 Å². The maximum absolute atomic E-state index is 13.8. The fourth-order valence-electron chi connectivity index (χ4n) is 2.61. The normalized spacial score (nSPS) is 10.4. The number of hydrogen-bond acceptors (Lipinski definition) is 4. The van der Waals surface area contributed by atoms with Crippen LogP contribution >= 0.6 is 0 Å². The molecule has 0 atom stereocenters. The molecule has 3 aromatic rings. The number of nitrogens with zero attached hydrogens (tertiary/aromatic N) is 2. The molecule has 27 heavy (non-hydrogen) atoms. The number of ether oxygens (including phenoxy) is 1. The van der Waals surface area contributed by atoms with Gasteiger partial charge in [-0.25, -0.2) is 9.37 Å². The van der Waals surface area contributed by atoms with Crippen molar-refractivity contribution in [2.75, 3.05) is 7.11 Å². The molecule has 1 aromatic heterocycles. The quantitative estimate of drug-likeness (QED) is 0.726.